The van der Waals surface area contributed by atoms with Crippen molar-refractivity contribution in [1.82, 2.24) is 19.9 Å². The van der Waals surface area contributed by atoms with Crippen molar-refractivity contribution in [2.45, 2.75) is 13.8 Å². The standard InChI is InChI=1S/C24H25FN6O/c1-17-9-10-26-21(15-17)29-22-16-23(28-18(2)27-22)30-11-13-31(14-12-30)24(32)8-7-19-5-3-4-6-20(19)25/h3-10,15-16H,11-14H2,1-2H3,(H,26,27,28,29)/b8-7+. The first-order valence-corrected chi connectivity index (χ1v) is 10.5. The largest absolute Gasteiger partial charge is 0.353 e. The number of piperazine rings is 1. The average molecular weight is 433 g/mol. The summed E-state index contributed by atoms with van der Waals surface area (Å²) in [6, 6.07) is 12.2. The Morgan fingerprint density at radius 2 is 1.81 bits per heavy atom. The van der Waals surface area contributed by atoms with Gasteiger partial charge < -0.3 is 15.1 Å². The maximum Gasteiger partial charge on any atom is 0.246 e. The van der Waals surface area contributed by atoms with Gasteiger partial charge in [0, 0.05) is 50.1 Å². The third-order valence-corrected chi connectivity index (χ3v) is 5.22. The predicted octanol–water partition coefficient (Wildman–Crippen LogP) is 3.73. The summed E-state index contributed by atoms with van der Waals surface area (Å²) >= 11 is 0. The Morgan fingerprint density at radius 3 is 2.56 bits per heavy atom. The van der Waals surface area contributed by atoms with Crippen molar-refractivity contribution in [3.63, 3.8) is 0 Å². The van der Waals surface area contributed by atoms with Gasteiger partial charge in [-0.1, -0.05) is 18.2 Å². The Balaban J connectivity index is 1.39. The first-order chi connectivity index (χ1) is 15.5. The van der Waals surface area contributed by atoms with Crippen molar-refractivity contribution >= 4 is 29.4 Å². The van der Waals surface area contributed by atoms with Crippen molar-refractivity contribution < 1.29 is 9.18 Å². The summed E-state index contributed by atoms with van der Waals surface area (Å²) in [5.74, 6) is 2.40. The lowest BCUT2D eigenvalue weighted by Gasteiger charge is -2.35. The monoisotopic (exact) mass is 432 g/mol. The van der Waals surface area contributed by atoms with Crippen LogP contribution < -0.4 is 10.2 Å². The van der Waals surface area contributed by atoms with E-state index in [1.54, 1.807) is 29.3 Å². The van der Waals surface area contributed by atoms with Gasteiger partial charge in [-0.2, -0.15) is 0 Å². The Labute approximate surface area is 186 Å². The Morgan fingerprint density at radius 1 is 1.03 bits per heavy atom. The minimum Gasteiger partial charge on any atom is -0.353 e. The molecule has 0 radical (unpaired) electrons. The molecular formula is C24H25FN6O. The lowest BCUT2D eigenvalue weighted by Crippen LogP contribution is -2.48. The average Bonchev–Trinajstić information content (AvgIpc) is 2.78. The molecule has 0 bridgehead atoms. The van der Waals surface area contributed by atoms with Crippen molar-refractivity contribution in [3.05, 3.63) is 77.5 Å². The molecule has 0 unspecified atom stereocenters. The third kappa shape index (κ3) is 5.26. The molecule has 1 N–H and O–H groups in total. The molecule has 3 aromatic rings. The topological polar surface area (TPSA) is 74.2 Å². The van der Waals surface area contributed by atoms with E-state index in [0.717, 1.165) is 17.2 Å². The Kier molecular flexibility index (Phi) is 6.39. The fourth-order valence-corrected chi connectivity index (χ4v) is 3.55. The highest BCUT2D eigenvalue weighted by atomic mass is 19.1. The van der Waals surface area contributed by atoms with Crippen molar-refractivity contribution in [1.29, 1.82) is 0 Å². The number of carbonyl (C=O) groups excluding carboxylic acids is 1. The lowest BCUT2D eigenvalue weighted by molar-refractivity contribution is -0.126. The maximum absolute atomic E-state index is 13.7. The number of amides is 1. The summed E-state index contributed by atoms with van der Waals surface area (Å²) in [5, 5.41) is 3.24. The van der Waals surface area contributed by atoms with E-state index in [2.05, 4.69) is 25.2 Å². The van der Waals surface area contributed by atoms with Gasteiger partial charge in [0.05, 0.1) is 0 Å². The van der Waals surface area contributed by atoms with Crippen LogP contribution in [-0.4, -0.2) is 51.9 Å². The first kappa shape index (κ1) is 21.4. The number of hydrogen-bond donors (Lipinski definition) is 1. The van der Waals surface area contributed by atoms with Gasteiger partial charge in [-0.05, 0) is 43.7 Å². The van der Waals surface area contributed by atoms with Gasteiger partial charge in [0.2, 0.25) is 5.91 Å². The molecule has 1 aromatic carbocycles. The minimum absolute atomic E-state index is 0.125. The molecule has 1 amide bonds. The third-order valence-electron chi connectivity index (χ3n) is 5.22. The molecular weight excluding hydrogens is 407 g/mol. The van der Waals surface area contributed by atoms with Crippen LogP contribution in [0.2, 0.25) is 0 Å². The summed E-state index contributed by atoms with van der Waals surface area (Å²) in [4.78, 5) is 29.8. The molecule has 0 saturated carbocycles. The highest BCUT2D eigenvalue weighted by molar-refractivity contribution is 5.92. The van der Waals surface area contributed by atoms with Gasteiger partial charge in [-0.15, -0.1) is 0 Å². The van der Waals surface area contributed by atoms with Crippen LogP contribution in [0.15, 0.2) is 54.7 Å². The zero-order valence-corrected chi connectivity index (χ0v) is 18.1. The van der Waals surface area contributed by atoms with E-state index in [9.17, 15) is 9.18 Å². The summed E-state index contributed by atoms with van der Waals surface area (Å²) in [6.45, 7) is 6.29. The van der Waals surface area contributed by atoms with E-state index in [1.807, 2.05) is 32.0 Å². The molecule has 8 heteroatoms. The molecule has 164 valence electrons. The van der Waals surface area contributed by atoms with Crippen LogP contribution >= 0.6 is 0 Å². The highest BCUT2D eigenvalue weighted by Crippen LogP contribution is 2.21. The van der Waals surface area contributed by atoms with Crippen molar-refractivity contribution in [3.8, 4) is 0 Å². The van der Waals surface area contributed by atoms with Crippen LogP contribution in [0.1, 0.15) is 17.0 Å². The lowest BCUT2D eigenvalue weighted by atomic mass is 10.2. The molecule has 2 aromatic heterocycles. The molecule has 1 aliphatic heterocycles. The number of halogens is 1. The van der Waals surface area contributed by atoms with E-state index in [-0.39, 0.29) is 11.7 Å². The number of aryl methyl sites for hydroxylation is 2. The molecule has 4 rings (SSSR count). The smallest absolute Gasteiger partial charge is 0.246 e. The fourth-order valence-electron chi connectivity index (χ4n) is 3.55. The van der Waals surface area contributed by atoms with Crippen LogP contribution in [0.3, 0.4) is 0 Å². The van der Waals surface area contributed by atoms with Crippen molar-refractivity contribution in [2.75, 3.05) is 36.4 Å². The molecule has 1 saturated heterocycles. The quantitative estimate of drug-likeness (QED) is 0.620. The number of carbonyl (C=O) groups is 1. The van der Waals surface area contributed by atoms with Crippen LogP contribution in [0.25, 0.3) is 6.08 Å². The molecule has 0 spiro atoms. The number of benzene rings is 1. The number of pyridine rings is 1. The SMILES string of the molecule is Cc1ccnc(Nc2cc(N3CCN(C(=O)/C=C/c4ccccc4F)CC3)nc(C)n2)c1. The van der Waals surface area contributed by atoms with Gasteiger partial charge in [-0.25, -0.2) is 19.3 Å². The first-order valence-electron chi connectivity index (χ1n) is 10.5. The number of nitrogens with one attached hydrogen (secondary N) is 1. The van der Waals surface area contributed by atoms with E-state index < -0.39 is 0 Å². The van der Waals surface area contributed by atoms with Crippen LogP contribution in [0, 0.1) is 19.7 Å². The van der Waals surface area contributed by atoms with E-state index in [0.29, 0.717) is 43.4 Å². The zero-order chi connectivity index (χ0) is 22.5. The van der Waals surface area contributed by atoms with Crippen LogP contribution in [-0.2, 0) is 4.79 Å². The second kappa shape index (κ2) is 9.55. The van der Waals surface area contributed by atoms with Gasteiger partial charge in [0.25, 0.3) is 0 Å². The number of nitrogens with zero attached hydrogens (tertiary/aromatic N) is 5. The number of hydrogen-bond acceptors (Lipinski definition) is 6. The van der Waals surface area contributed by atoms with Crippen LogP contribution in [0.4, 0.5) is 21.8 Å². The molecule has 0 atom stereocenters. The van der Waals surface area contributed by atoms with E-state index in [4.69, 9.17) is 0 Å². The Bertz CT molecular complexity index is 1140. The number of anilines is 3. The summed E-state index contributed by atoms with van der Waals surface area (Å²) in [7, 11) is 0. The Hall–Kier alpha value is -3.81. The molecule has 1 aliphatic rings. The van der Waals surface area contributed by atoms with Gasteiger partial charge in [0.1, 0.15) is 29.1 Å². The summed E-state index contributed by atoms with van der Waals surface area (Å²) < 4.78 is 13.7. The molecule has 7 nitrogen and oxygen atoms in total. The van der Waals surface area contributed by atoms with E-state index in [1.165, 1.54) is 18.2 Å². The summed E-state index contributed by atoms with van der Waals surface area (Å²) in [6.07, 6.45) is 4.71. The second-order valence-corrected chi connectivity index (χ2v) is 7.67. The number of rotatable bonds is 5. The molecule has 3 heterocycles. The van der Waals surface area contributed by atoms with Gasteiger partial charge >= 0.3 is 0 Å². The van der Waals surface area contributed by atoms with Crippen LogP contribution in [0.5, 0.6) is 0 Å². The van der Waals surface area contributed by atoms with Crippen molar-refractivity contribution in [2.24, 2.45) is 0 Å². The minimum atomic E-state index is -0.342. The second-order valence-electron chi connectivity index (χ2n) is 7.67. The predicted molar refractivity (Wildman–Crippen MR) is 123 cm³/mol. The normalized spacial score (nSPS) is 14.1. The maximum atomic E-state index is 13.7. The number of aromatic nitrogens is 3. The fraction of sp³-hybridized carbons (Fsp3) is 0.250. The zero-order valence-electron chi connectivity index (χ0n) is 18.1. The molecule has 0 aliphatic carbocycles. The van der Waals surface area contributed by atoms with Gasteiger partial charge in [-0.3, -0.25) is 4.79 Å². The highest BCUT2D eigenvalue weighted by Gasteiger charge is 2.21. The van der Waals surface area contributed by atoms with E-state index >= 15 is 0 Å². The molecule has 1 fully saturated rings. The summed E-state index contributed by atoms with van der Waals surface area (Å²) in [5.41, 5.74) is 1.51. The molecule has 32 heavy (non-hydrogen) atoms. The van der Waals surface area contributed by atoms with Gasteiger partial charge in [0.15, 0.2) is 0 Å².